The average molecular weight is 413 g/mol. The van der Waals surface area contributed by atoms with Gasteiger partial charge in [0.2, 0.25) is 0 Å². The molecule has 0 N–H and O–H groups in total. The van der Waals surface area contributed by atoms with E-state index in [1.807, 2.05) is 0 Å². The lowest BCUT2D eigenvalue weighted by molar-refractivity contribution is -0.462. The van der Waals surface area contributed by atoms with E-state index in [0.717, 1.165) is 0 Å². The van der Waals surface area contributed by atoms with Crippen molar-refractivity contribution in [2.75, 3.05) is 0 Å². The maximum Gasteiger partial charge on any atom is 0.457 e. The third-order valence-corrected chi connectivity index (χ3v) is 2.73. The summed E-state index contributed by atoms with van der Waals surface area (Å²) < 4.78 is 188. The van der Waals surface area contributed by atoms with Crippen LogP contribution in [0.3, 0.4) is 0 Å². The first-order valence-electron chi connectivity index (χ1n) is 4.99. The number of carboxylic acid groups (broad SMARTS) is 1. The van der Waals surface area contributed by atoms with Crippen LogP contribution in [0, 0.1) is 0 Å². The second kappa shape index (κ2) is 5.46. The molecule has 0 fully saturated rings. The summed E-state index contributed by atoms with van der Waals surface area (Å²) in [6.07, 6.45) is -24.5. The minimum absolute atomic E-state index is 4.84. The predicted octanol–water partition coefficient (Wildman–Crippen LogP) is 3.11. The summed E-state index contributed by atoms with van der Waals surface area (Å²) in [6.45, 7) is 0. The van der Waals surface area contributed by atoms with E-state index in [4.69, 9.17) is 0 Å². The van der Waals surface area contributed by atoms with Crippen LogP contribution in [0.5, 0.6) is 0 Å². The van der Waals surface area contributed by atoms with Gasteiger partial charge in [0.25, 0.3) is 0 Å². The topological polar surface area (TPSA) is 40.1 Å². The van der Waals surface area contributed by atoms with Crippen LogP contribution < -0.4 is 5.11 Å². The van der Waals surface area contributed by atoms with Crippen molar-refractivity contribution in [1.29, 1.82) is 0 Å². The highest BCUT2D eigenvalue weighted by atomic mass is 19.4. The largest absolute Gasteiger partial charge is 0.544 e. The molecule has 0 radical (unpaired) electrons. The van der Waals surface area contributed by atoms with Crippen LogP contribution in [-0.4, -0.2) is 47.7 Å². The third-order valence-electron chi connectivity index (χ3n) is 2.73. The van der Waals surface area contributed by atoms with Gasteiger partial charge in [-0.2, -0.15) is 57.1 Å². The zero-order valence-electron chi connectivity index (χ0n) is 10.5. The number of alkyl halides is 15. The molecule has 0 bridgehead atoms. The summed E-state index contributed by atoms with van der Waals surface area (Å²) in [5.41, 5.74) is -17.4. The number of hydrogen-bond donors (Lipinski definition) is 0. The Morgan fingerprint density at radius 2 is 0.800 bits per heavy atom. The van der Waals surface area contributed by atoms with Crippen LogP contribution in [0.4, 0.5) is 65.9 Å². The van der Waals surface area contributed by atoms with Gasteiger partial charge in [0.15, 0.2) is 0 Å². The van der Waals surface area contributed by atoms with E-state index >= 15 is 0 Å². The number of carboxylic acids is 1. The number of carbonyl (C=O) groups is 1. The molecule has 0 saturated carbocycles. The monoisotopic (exact) mass is 413 g/mol. The normalized spacial score (nSPS) is 20.0. The van der Waals surface area contributed by atoms with Crippen LogP contribution >= 0.6 is 0 Å². The lowest BCUT2D eigenvalue weighted by Gasteiger charge is -2.47. The summed E-state index contributed by atoms with van der Waals surface area (Å²) in [7, 11) is 0. The van der Waals surface area contributed by atoms with Crippen molar-refractivity contribution in [3.05, 3.63) is 0 Å². The Labute approximate surface area is 125 Å². The first kappa shape index (κ1) is 23.4. The molecule has 0 aromatic rings. The molecule has 0 heterocycles. The highest BCUT2D eigenvalue weighted by Crippen LogP contribution is 2.65. The predicted molar refractivity (Wildman–Crippen MR) is 40.7 cm³/mol. The Balaban J connectivity index is 7.41. The number of carbonyl (C=O) groups excluding carboxylic acids is 1. The van der Waals surface area contributed by atoms with Gasteiger partial charge in [-0.3, -0.25) is 0 Å². The molecule has 0 rings (SSSR count). The van der Waals surface area contributed by atoms with E-state index in [9.17, 15) is 75.8 Å². The van der Waals surface area contributed by atoms with Gasteiger partial charge < -0.3 is 9.90 Å². The van der Waals surface area contributed by atoms with Crippen molar-refractivity contribution in [2.45, 2.75) is 41.7 Å². The van der Waals surface area contributed by atoms with E-state index in [2.05, 4.69) is 0 Å². The zero-order chi connectivity index (χ0) is 21.1. The van der Waals surface area contributed by atoms with Gasteiger partial charge in [-0.1, -0.05) is 0 Å². The van der Waals surface area contributed by atoms with Crippen molar-refractivity contribution < 1.29 is 75.8 Å². The molecule has 0 saturated heterocycles. The van der Waals surface area contributed by atoms with Crippen molar-refractivity contribution in [1.82, 2.24) is 0 Å². The minimum Gasteiger partial charge on any atom is -0.544 e. The second-order valence-corrected chi connectivity index (χ2v) is 4.25. The quantitative estimate of drug-likeness (QED) is 0.665. The van der Waals surface area contributed by atoms with Gasteiger partial charge in [-0.05, 0) is 0 Å². The third kappa shape index (κ3) is 2.74. The standard InChI is InChI=1S/C8HF15O2/c9-2(10,1(24)25)3(11,6(15,16)17)4(12,7(18,19)20)5(13,14)8(21,22)23/h(H,24,25)/p-1. The van der Waals surface area contributed by atoms with Crippen LogP contribution in [0.1, 0.15) is 0 Å². The van der Waals surface area contributed by atoms with E-state index < -0.39 is 47.7 Å². The molecular formula is C8F15O2-. The van der Waals surface area contributed by atoms with Gasteiger partial charge in [0, 0.05) is 0 Å². The fraction of sp³-hybridized carbons (Fsp3) is 0.875. The molecule has 0 aromatic carbocycles. The zero-order valence-corrected chi connectivity index (χ0v) is 10.5. The summed E-state index contributed by atoms with van der Waals surface area (Å²) in [5.74, 6) is -21.2. The van der Waals surface area contributed by atoms with E-state index in [-0.39, 0.29) is 0 Å². The molecule has 0 aliphatic carbocycles. The Morgan fingerprint density at radius 1 is 0.520 bits per heavy atom. The van der Waals surface area contributed by atoms with Crippen molar-refractivity contribution in [3.8, 4) is 0 Å². The number of hydrogen-bond acceptors (Lipinski definition) is 2. The lowest BCUT2D eigenvalue weighted by atomic mass is 9.74. The highest BCUT2D eigenvalue weighted by Gasteiger charge is 2.98. The molecule has 2 unspecified atom stereocenters. The molecule has 0 aliphatic rings. The summed E-state index contributed by atoms with van der Waals surface area (Å²) in [6, 6.07) is 0. The fourth-order valence-corrected chi connectivity index (χ4v) is 1.52. The first-order chi connectivity index (χ1) is 10.4. The van der Waals surface area contributed by atoms with Gasteiger partial charge >= 0.3 is 41.7 Å². The highest BCUT2D eigenvalue weighted by molar-refractivity contribution is 5.76. The maximum atomic E-state index is 13.5. The summed E-state index contributed by atoms with van der Waals surface area (Å²) >= 11 is 0. The van der Waals surface area contributed by atoms with Crippen LogP contribution in [-0.2, 0) is 4.79 Å². The second-order valence-electron chi connectivity index (χ2n) is 4.25. The SMILES string of the molecule is O=C([O-])C(F)(F)C(F)(C(F)(F)F)C(F)(C(F)(F)F)C(F)(F)C(F)(F)F. The van der Waals surface area contributed by atoms with E-state index in [1.54, 1.807) is 0 Å². The molecule has 2 atom stereocenters. The fourth-order valence-electron chi connectivity index (χ4n) is 1.52. The summed E-state index contributed by atoms with van der Waals surface area (Å²) in [4.78, 5) is 9.80. The molecule has 17 heteroatoms. The number of rotatable bonds is 4. The van der Waals surface area contributed by atoms with Crippen LogP contribution in [0.2, 0.25) is 0 Å². The molecular weight excluding hydrogens is 413 g/mol. The smallest absolute Gasteiger partial charge is 0.457 e. The van der Waals surface area contributed by atoms with E-state index in [0.29, 0.717) is 0 Å². The minimum atomic E-state index is -8.80. The molecule has 0 spiro atoms. The molecule has 25 heavy (non-hydrogen) atoms. The van der Waals surface area contributed by atoms with Gasteiger partial charge in [0.05, 0.1) is 0 Å². The maximum absolute atomic E-state index is 13.5. The molecule has 0 aromatic heterocycles. The average Bonchev–Trinajstić information content (AvgIpc) is 2.31. The van der Waals surface area contributed by atoms with Crippen molar-refractivity contribution in [2.24, 2.45) is 0 Å². The van der Waals surface area contributed by atoms with Gasteiger partial charge in [-0.15, -0.1) is 0 Å². The Morgan fingerprint density at radius 3 is 0.960 bits per heavy atom. The first-order valence-corrected chi connectivity index (χ1v) is 4.99. The van der Waals surface area contributed by atoms with Crippen LogP contribution in [0.25, 0.3) is 0 Å². The van der Waals surface area contributed by atoms with Gasteiger partial charge in [0.1, 0.15) is 5.97 Å². The lowest BCUT2D eigenvalue weighted by Crippen LogP contribution is -2.82. The molecule has 0 aliphatic heterocycles. The van der Waals surface area contributed by atoms with E-state index in [1.165, 1.54) is 0 Å². The molecule has 150 valence electrons. The van der Waals surface area contributed by atoms with Gasteiger partial charge in [-0.25, -0.2) is 8.78 Å². The van der Waals surface area contributed by atoms with Crippen molar-refractivity contribution in [3.63, 3.8) is 0 Å². The Kier molecular flexibility index (Phi) is 5.11. The number of halogens is 15. The van der Waals surface area contributed by atoms with Crippen molar-refractivity contribution >= 4 is 5.97 Å². The molecule has 2 nitrogen and oxygen atoms in total. The molecule has 0 amide bonds. The number of aliphatic carboxylic acids is 1. The Bertz CT molecular complexity index is 527. The summed E-state index contributed by atoms with van der Waals surface area (Å²) in [5, 5.41) is 9.80. The Hall–Kier alpha value is -1.58. The van der Waals surface area contributed by atoms with Crippen LogP contribution in [0.15, 0.2) is 0 Å².